The first-order chi connectivity index (χ1) is 14.8. The first-order valence-corrected chi connectivity index (χ1v) is 12.1. The first-order valence-electron chi connectivity index (χ1n) is 10.7. The highest BCUT2D eigenvalue weighted by atomic mass is 32.2. The highest BCUT2D eigenvalue weighted by Gasteiger charge is 2.25. The molecule has 1 amide bonds. The van der Waals surface area contributed by atoms with Crippen molar-refractivity contribution in [2.45, 2.75) is 32.6 Å². The molecule has 0 spiro atoms. The smallest absolute Gasteiger partial charge is 0.272 e. The number of anilines is 1. The van der Waals surface area contributed by atoms with Crippen LogP contribution in [0.5, 0.6) is 5.75 Å². The lowest BCUT2D eigenvalue weighted by Crippen LogP contribution is -2.30. The second kappa shape index (κ2) is 11.3. The molecule has 0 atom stereocenters. The Kier molecular flexibility index (Phi) is 9.09. The highest BCUT2D eigenvalue weighted by Crippen LogP contribution is 2.20. The molecule has 0 aliphatic rings. The number of sulfonamides is 1. The maximum Gasteiger partial charge on any atom is 0.272 e. The van der Waals surface area contributed by atoms with E-state index in [0.29, 0.717) is 25.4 Å². The third kappa shape index (κ3) is 6.32. The number of nitrogens with zero attached hydrogens (tertiary/aromatic N) is 3. The standard InChI is InChI=1S/C22H34N4O4S/c1-6-25(7-2)14-15-30-19-12-10-18(11-13-19)23-22(27)21-16-20(17-24(21)5)31(28,29)26(8-3)9-4/h10-13,16-17H,6-9,14-15H2,1-5H3,(H,23,27). The SMILES string of the molecule is CCN(CC)CCOc1ccc(NC(=O)c2cc(S(=O)(=O)N(CC)CC)cn2C)cc1. The molecular formula is C22H34N4O4S. The summed E-state index contributed by atoms with van der Waals surface area (Å²) >= 11 is 0. The fraction of sp³-hybridized carbons (Fsp3) is 0.500. The van der Waals surface area contributed by atoms with Gasteiger partial charge in [0.25, 0.3) is 5.91 Å². The summed E-state index contributed by atoms with van der Waals surface area (Å²) in [6.45, 7) is 12.0. The van der Waals surface area contributed by atoms with Crippen molar-refractivity contribution in [1.82, 2.24) is 13.8 Å². The van der Waals surface area contributed by atoms with Gasteiger partial charge < -0.3 is 19.5 Å². The molecule has 0 radical (unpaired) electrons. The molecule has 0 saturated carbocycles. The second-order valence-electron chi connectivity index (χ2n) is 7.12. The van der Waals surface area contributed by atoms with Crippen molar-refractivity contribution >= 4 is 21.6 Å². The maximum atomic E-state index is 12.7. The van der Waals surface area contributed by atoms with Crippen LogP contribution in [0.1, 0.15) is 38.2 Å². The summed E-state index contributed by atoms with van der Waals surface area (Å²) in [6.07, 6.45) is 1.47. The quantitative estimate of drug-likeness (QED) is 0.537. The largest absolute Gasteiger partial charge is 0.492 e. The number of ether oxygens (including phenoxy) is 1. The van der Waals surface area contributed by atoms with Crippen LogP contribution in [0.25, 0.3) is 0 Å². The molecule has 0 saturated heterocycles. The Balaban J connectivity index is 2.03. The van der Waals surface area contributed by atoms with E-state index in [1.165, 1.54) is 21.1 Å². The van der Waals surface area contributed by atoms with Crippen molar-refractivity contribution < 1.29 is 17.9 Å². The van der Waals surface area contributed by atoms with Crippen LogP contribution in [0, 0.1) is 0 Å². The number of nitrogens with one attached hydrogen (secondary N) is 1. The van der Waals surface area contributed by atoms with Crippen LogP contribution in [-0.4, -0.2) is 67.4 Å². The molecule has 0 bridgehead atoms. The van der Waals surface area contributed by atoms with Crippen LogP contribution >= 0.6 is 0 Å². The number of rotatable bonds is 12. The van der Waals surface area contributed by atoms with E-state index in [-0.39, 0.29) is 16.5 Å². The Bertz CT molecular complexity index is 946. The third-order valence-electron chi connectivity index (χ3n) is 5.24. The predicted molar refractivity (Wildman–Crippen MR) is 123 cm³/mol. The van der Waals surface area contributed by atoms with E-state index in [4.69, 9.17) is 4.74 Å². The number of aromatic nitrogens is 1. The van der Waals surface area contributed by atoms with E-state index < -0.39 is 10.0 Å². The van der Waals surface area contributed by atoms with Crippen LogP contribution in [0.2, 0.25) is 0 Å². The minimum atomic E-state index is -3.62. The first kappa shape index (κ1) is 24.9. The molecule has 2 rings (SSSR count). The average Bonchev–Trinajstić information content (AvgIpc) is 3.16. The molecule has 2 aromatic rings. The van der Waals surface area contributed by atoms with Crippen molar-refractivity contribution in [3.8, 4) is 5.75 Å². The minimum absolute atomic E-state index is 0.112. The topological polar surface area (TPSA) is 83.9 Å². The zero-order valence-electron chi connectivity index (χ0n) is 19.1. The molecule has 1 aromatic heterocycles. The number of likely N-dealkylation sites (N-methyl/N-ethyl adjacent to an activating group) is 1. The number of carbonyl (C=O) groups excluding carboxylic acids is 1. The zero-order chi connectivity index (χ0) is 23.0. The fourth-order valence-electron chi connectivity index (χ4n) is 3.28. The summed E-state index contributed by atoms with van der Waals surface area (Å²) in [4.78, 5) is 15.1. The second-order valence-corrected chi connectivity index (χ2v) is 9.05. The number of amides is 1. The molecule has 1 aromatic carbocycles. The number of hydrogen-bond donors (Lipinski definition) is 1. The minimum Gasteiger partial charge on any atom is -0.492 e. The van der Waals surface area contributed by atoms with Crippen LogP contribution < -0.4 is 10.1 Å². The summed E-state index contributed by atoms with van der Waals surface area (Å²) in [5.74, 6) is 0.357. The lowest BCUT2D eigenvalue weighted by Gasteiger charge is -2.18. The molecule has 1 heterocycles. The van der Waals surface area contributed by atoms with Crippen LogP contribution in [0.15, 0.2) is 41.4 Å². The monoisotopic (exact) mass is 450 g/mol. The summed E-state index contributed by atoms with van der Waals surface area (Å²) in [5, 5.41) is 2.81. The van der Waals surface area contributed by atoms with Gasteiger partial charge in [0, 0.05) is 38.6 Å². The molecule has 1 N–H and O–H groups in total. The zero-order valence-corrected chi connectivity index (χ0v) is 19.9. The van der Waals surface area contributed by atoms with Gasteiger partial charge in [0.2, 0.25) is 10.0 Å². The van der Waals surface area contributed by atoms with E-state index in [9.17, 15) is 13.2 Å². The van der Waals surface area contributed by atoms with Crippen molar-refractivity contribution in [1.29, 1.82) is 0 Å². The van der Waals surface area contributed by atoms with Gasteiger partial charge in [0.05, 0.1) is 0 Å². The van der Waals surface area contributed by atoms with Crippen molar-refractivity contribution in [3.63, 3.8) is 0 Å². The van der Waals surface area contributed by atoms with Crippen LogP contribution in [-0.2, 0) is 17.1 Å². The number of hydrogen-bond acceptors (Lipinski definition) is 5. The highest BCUT2D eigenvalue weighted by molar-refractivity contribution is 7.89. The van der Waals surface area contributed by atoms with Crippen molar-refractivity contribution in [3.05, 3.63) is 42.2 Å². The summed E-state index contributed by atoms with van der Waals surface area (Å²) in [6, 6.07) is 8.55. The lowest BCUT2D eigenvalue weighted by atomic mass is 10.3. The van der Waals surface area contributed by atoms with Crippen molar-refractivity contribution in [2.24, 2.45) is 7.05 Å². The Labute approximate surface area is 185 Å². The average molecular weight is 451 g/mol. The maximum absolute atomic E-state index is 12.7. The molecule has 8 nitrogen and oxygen atoms in total. The van der Waals surface area contributed by atoms with Crippen molar-refractivity contribution in [2.75, 3.05) is 44.6 Å². The third-order valence-corrected chi connectivity index (χ3v) is 7.25. The molecular weight excluding hydrogens is 416 g/mol. The Hall–Kier alpha value is -2.36. The van der Waals surface area contributed by atoms with Gasteiger partial charge in [0.1, 0.15) is 22.9 Å². The number of carbonyl (C=O) groups is 1. The summed E-state index contributed by atoms with van der Waals surface area (Å²) in [7, 11) is -1.97. The number of aryl methyl sites for hydroxylation is 1. The number of benzene rings is 1. The van der Waals surface area contributed by atoms with Crippen LogP contribution in [0.4, 0.5) is 5.69 Å². The molecule has 172 valence electrons. The molecule has 0 fully saturated rings. The van der Waals surface area contributed by atoms with Gasteiger partial charge in [-0.1, -0.05) is 27.7 Å². The van der Waals surface area contributed by atoms with E-state index in [1.807, 2.05) is 0 Å². The van der Waals surface area contributed by atoms with Crippen LogP contribution in [0.3, 0.4) is 0 Å². The molecule has 9 heteroatoms. The van der Waals surface area contributed by atoms with Gasteiger partial charge in [-0.2, -0.15) is 4.31 Å². The molecule has 0 aliphatic heterocycles. The van der Waals surface area contributed by atoms with Gasteiger partial charge in [0.15, 0.2) is 0 Å². The molecule has 31 heavy (non-hydrogen) atoms. The lowest BCUT2D eigenvalue weighted by molar-refractivity contribution is 0.101. The normalized spacial score (nSPS) is 11.8. The molecule has 0 aliphatic carbocycles. The summed E-state index contributed by atoms with van der Waals surface area (Å²) in [5.41, 5.74) is 0.876. The Morgan fingerprint density at radius 1 is 1.03 bits per heavy atom. The Morgan fingerprint density at radius 3 is 2.19 bits per heavy atom. The summed E-state index contributed by atoms with van der Waals surface area (Å²) < 4.78 is 34.1. The van der Waals surface area contributed by atoms with Gasteiger partial charge >= 0.3 is 0 Å². The van der Waals surface area contributed by atoms with E-state index in [1.54, 1.807) is 45.2 Å². The van der Waals surface area contributed by atoms with Gasteiger partial charge in [-0.25, -0.2) is 8.42 Å². The molecule has 0 unspecified atom stereocenters. The Morgan fingerprint density at radius 2 is 1.65 bits per heavy atom. The van der Waals surface area contributed by atoms with Gasteiger partial charge in [-0.3, -0.25) is 4.79 Å². The predicted octanol–water partition coefficient (Wildman–Crippen LogP) is 3.03. The van der Waals surface area contributed by atoms with E-state index in [0.717, 1.165) is 25.4 Å². The fourth-order valence-corrected chi connectivity index (χ4v) is 4.81. The van der Waals surface area contributed by atoms with Gasteiger partial charge in [-0.05, 0) is 43.4 Å². The van der Waals surface area contributed by atoms with Gasteiger partial charge in [-0.15, -0.1) is 0 Å². The van der Waals surface area contributed by atoms with E-state index >= 15 is 0 Å². The van der Waals surface area contributed by atoms with E-state index in [2.05, 4.69) is 24.1 Å².